The Balaban J connectivity index is 1.85. The highest BCUT2D eigenvalue weighted by Gasteiger charge is 2.25. The Kier molecular flexibility index (Phi) is 5.08. The van der Waals surface area contributed by atoms with Gasteiger partial charge in [-0.3, -0.25) is 4.98 Å². The number of benzene rings is 1. The first-order valence-corrected chi connectivity index (χ1v) is 8.50. The summed E-state index contributed by atoms with van der Waals surface area (Å²) in [5.41, 5.74) is 2.13. The fourth-order valence-electron chi connectivity index (χ4n) is 2.92. The third-order valence-electron chi connectivity index (χ3n) is 4.30. The molecule has 1 atom stereocenters. The molecule has 6 nitrogen and oxygen atoms in total. The number of anilines is 1. The van der Waals surface area contributed by atoms with Crippen molar-refractivity contribution in [3.63, 3.8) is 0 Å². The van der Waals surface area contributed by atoms with Crippen LogP contribution < -0.4 is 10.6 Å². The van der Waals surface area contributed by atoms with Crippen LogP contribution in [0.3, 0.4) is 0 Å². The van der Waals surface area contributed by atoms with Gasteiger partial charge in [0, 0.05) is 17.1 Å². The molecule has 2 amide bonds. The van der Waals surface area contributed by atoms with Crippen LogP contribution in [0.1, 0.15) is 36.8 Å². The van der Waals surface area contributed by atoms with Crippen molar-refractivity contribution in [2.45, 2.75) is 26.8 Å². The molecule has 7 heteroatoms. The fraction of sp³-hybridized carbons (Fsp3) is 0.250. The Morgan fingerprint density at radius 2 is 2.07 bits per heavy atom. The van der Waals surface area contributed by atoms with Gasteiger partial charge in [-0.1, -0.05) is 13.8 Å². The number of nitrogens with zero attached hydrogens (tertiary/aromatic N) is 2. The average Bonchev–Trinajstić information content (AvgIpc) is 2.95. The summed E-state index contributed by atoms with van der Waals surface area (Å²) >= 11 is 0. The number of hydrogen-bond donors (Lipinski definition) is 2. The summed E-state index contributed by atoms with van der Waals surface area (Å²) in [6.45, 7) is 5.75. The van der Waals surface area contributed by atoms with E-state index in [-0.39, 0.29) is 11.7 Å². The Labute approximate surface area is 156 Å². The average molecular weight is 366 g/mol. The molecular formula is C20H19FN4O2. The van der Waals surface area contributed by atoms with Crippen LogP contribution in [-0.2, 0) is 0 Å². The third-order valence-corrected chi connectivity index (χ3v) is 4.30. The zero-order chi connectivity index (χ0) is 19.6. The van der Waals surface area contributed by atoms with E-state index in [1.54, 1.807) is 6.07 Å². The maximum atomic E-state index is 13.5. The molecule has 0 saturated heterocycles. The molecule has 0 saturated carbocycles. The lowest BCUT2D eigenvalue weighted by Gasteiger charge is -2.21. The van der Waals surface area contributed by atoms with Gasteiger partial charge in [-0.15, -0.1) is 0 Å². The maximum absolute atomic E-state index is 13.5. The van der Waals surface area contributed by atoms with E-state index in [4.69, 9.17) is 9.68 Å². The van der Waals surface area contributed by atoms with Crippen LogP contribution in [0.5, 0.6) is 0 Å². The molecule has 0 radical (unpaired) electrons. The fourth-order valence-corrected chi connectivity index (χ4v) is 2.92. The monoisotopic (exact) mass is 366 g/mol. The first-order valence-electron chi connectivity index (χ1n) is 8.50. The van der Waals surface area contributed by atoms with Gasteiger partial charge in [0.25, 0.3) is 0 Å². The molecule has 1 aromatic carbocycles. The van der Waals surface area contributed by atoms with Crippen LogP contribution in [0.25, 0.3) is 11.0 Å². The normalized spacial score (nSPS) is 12.0. The van der Waals surface area contributed by atoms with Crippen molar-refractivity contribution in [3.05, 3.63) is 59.4 Å². The van der Waals surface area contributed by atoms with Crippen molar-refractivity contribution in [1.82, 2.24) is 10.3 Å². The van der Waals surface area contributed by atoms with Crippen LogP contribution in [0.2, 0.25) is 0 Å². The van der Waals surface area contributed by atoms with Crippen LogP contribution in [0, 0.1) is 30.0 Å². The minimum atomic E-state index is -0.448. The second-order valence-corrected chi connectivity index (χ2v) is 6.63. The SMILES string of the molecule is Cc1c(C(NC(=O)Nc2cncc(C#N)c2)C(C)C)oc2ccc(F)cc12. The summed E-state index contributed by atoms with van der Waals surface area (Å²) in [5.74, 6) is 0.280. The van der Waals surface area contributed by atoms with Crippen LogP contribution in [0.4, 0.5) is 14.9 Å². The zero-order valence-electron chi connectivity index (χ0n) is 15.2. The molecule has 1 unspecified atom stereocenters. The second-order valence-electron chi connectivity index (χ2n) is 6.63. The molecule has 2 N–H and O–H groups in total. The van der Waals surface area contributed by atoms with Crippen LogP contribution >= 0.6 is 0 Å². The van der Waals surface area contributed by atoms with Gasteiger partial charge in [-0.2, -0.15) is 5.26 Å². The smallest absolute Gasteiger partial charge is 0.319 e. The van der Waals surface area contributed by atoms with Crippen molar-refractivity contribution < 1.29 is 13.6 Å². The number of nitrogens with one attached hydrogen (secondary N) is 2. The number of rotatable bonds is 4. The number of pyridine rings is 1. The lowest BCUT2D eigenvalue weighted by atomic mass is 9.98. The Morgan fingerprint density at radius 1 is 1.30 bits per heavy atom. The third kappa shape index (κ3) is 3.90. The van der Waals surface area contributed by atoms with Gasteiger partial charge in [-0.25, -0.2) is 9.18 Å². The van der Waals surface area contributed by atoms with E-state index < -0.39 is 12.1 Å². The zero-order valence-corrected chi connectivity index (χ0v) is 15.2. The van der Waals surface area contributed by atoms with E-state index >= 15 is 0 Å². The summed E-state index contributed by atoms with van der Waals surface area (Å²) in [4.78, 5) is 16.4. The molecular weight excluding hydrogens is 347 g/mol. The number of hydrogen-bond acceptors (Lipinski definition) is 4. The van der Waals surface area contributed by atoms with Crippen molar-refractivity contribution in [1.29, 1.82) is 5.26 Å². The first-order chi connectivity index (χ1) is 12.9. The molecule has 0 aliphatic rings. The number of carbonyl (C=O) groups excluding carboxylic acids is 1. The van der Waals surface area contributed by atoms with Gasteiger partial charge >= 0.3 is 6.03 Å². The molecule has 2 aromatic heterocycles. The summed E-state index contributed by atoms with van der Waals surface area (Å²) in [5, 5.41) is 15.2. The van der Waals surface area contributed by atoms with Gasteiger partial charge in [0.1, 0.15) is 23.2 Å². The number of fused-ring (bicyclic) bond motifs is 1. The van der Waals surface area contributed by atoms with E-state index in [2.05, 4.69) is 15.6 Å². The van der Waals surface area contributed by atoms with E-state index in [1.807, 2.05) is 26.8 Å². The molecule has 138 valence electrons. The highest BCUT2D eigenvalue weighted by molar-refractivity contribution is 5.90. The van der Waals surface area contributed by atoms with Gasteiger partial charge < -0.3 is 15.1 Å². The molecule has 0 fully saturated rings. The molecule has 2 heterocycles. The lowest BCUT2D eigenvalue weighted by Crippen LogP contribution is -2.35. The van der Waals surface area contributed by atoms with Gasteiger partial charge in [0.2, 0.25) is 0 Å². The number of furan rings is 1. The molecule has 0 bridgehead atoms. The van der Waals surface area contributed by atoms with Gasteiger partial charge in [-0.05, 0) is 37.1 Å². The first kappa shape index (κ1) is 18.4. The van der Waals surface area contributed by atoms with Crippen molar-refractivity contribution >= 4 is 22.7 Å². The van der Waals surface area contributed by atoms with E-state index in [9.17, 15) is 9.18 Å². The number of nitriles is 1. The number of urea groups is 1. The highest BCUT2D eigenvalue weighted by Crippen LogP contribution is 2.33. The Hall–Kier alpha value is -3.40. The Bertz CT molecular complexity index is 1040. The quantitative estimate of drug-likeness (QED) is 0.702. The number of halogens is 1. The second kappa shape index (κ2) is 7.46. The van der Waals surface area contributed by atoms with Crippen LogP contribution in [-0.4, -0.2) is 11.0 Å². The van der Waals surface area contributed by atoms with Crippen molar-refractivity contribution in [2.24, 2.45) is 5.92 Å². The van der Waals surface area contributed by atoms with E-state index in [0.717, 1.165) is 5.56 Å². The highest BCUT2D eigenvalue weighted by atomic mass is 19.1. The molecule has 0 spiro atoms. The predicted octanol–water partition coefficient (Wildman–Crippen LogP) is 4.67. The van der Waals surface area contributed by atoms with E-state index in [1.165, 1.54) is 30.6 Å². The van der Waals surface area contributed by atoms with E-state index in [0.29, 0.717) is 28.0 Å². The largest absolute Gasteiger partial charge is 0.459 e. The summed E-state index contributed by atoms with van der Waals surface area (Å²) < 4.78 is 19.4. The molecule has 0 aliphatic carbocycles. The lowest BCUT2D eigenvalue weighted by molar-refractivity contribution is 0.241. The number of aromatic nitrogens is 1. The standard InChI is InChI=1S/C20H19FN4O2/c1-11(2)18(19-12(3)16-7-14(21)4-5-17(16)27-19)25-20(26)24-15-6-13(8-22)9-23-10-15/h4-7,9-11,18H,1-3H3,(H2,24,25,26). The van der Waals surface area contributed by atoms with Crippen molar-refractivity contribution in [2.75, 3.05) is 5.32 Å². The number of aryl methyl sites for hydroxylation is 1. The van der Waals surface area contributed by atoms with Gasteiger partial charge in [0.15, 0.2) is 0 Å². The Morgan fingerprint density at radius 3 is 2.78 bits per heavy atom. The summed E-state index contributed by atoms with van der Waals surface area (Å²) in [7, 11) is 0. The number of amides is 2. The van der Waals surface area contributed by atoms with Crippen molar-refractivity contribution in [3.8, 4) is 6.07 Å². The predicted molar refractivity (Wildman–Crippen MR) is 99.6 cm³/mol. The minimum Gasteiger partial charge on any atom is -0.459 e. The number of carbonyl (C=O) groups is 1. The maximum Gasteiger partial charge on any atom is 0.319 e. The summed E-state index contributed by atoms with van der Waals surface area (Å²) in [6, 6.07) is 7.00. The van der Waals surface area contributed by atoms with Crippen LogP contribution in [0.15, 0.2) is 41.1 Å². The molecule has 0 aliphatic heterocycles. The van der Waals surface area contributed by atoms with Gasteiger partial charge in [0.05, 0.1) is 23.5 Å². The molecule has 3 aromatic rings. The summed E-state index contributed by atoms with van der Waals surface area (Å²) in [6.07, 6.45) is 2.87. The minimum absolute atomic E-state index is 0.0310. The molecule has 27 heavy (non-hydrogen) atoms. The molecule has 3 rings (SSSR count). The topological polar surface area (TPSA) is 91.0 Å².